The van der Waals surface area contributed by atoms with Crippen LogP contribution in [-0.4, -0.2) is 51.5 Å². The van der Waals surface area contributed by atoms with Crippen molar-refractivity contribution in [1.82, 2.24) is 0 Å². The second kappa shape index (κ2) is 8.00. The van der Waals surface area contributed by atoms with Gasteiger partial charge in [-0.2, -0.15) is 0 Å². The fraction of sp³-hybridized carbons (Fsp3) is 0.211. The number of rotatable bonds is 5. The molecule has 0 saturated carbocycles. The number of fused-ring (bicyclic) bond motifs is 3. The Morgan fingerprint density at radius 3 is 2.87 bits per heavy atom. The van der Waals surface area contributed by atoms with Crippen molar-refractivity contribution in [2.24, 2.45) is 4.40 Å². The molecule has 30 heavy (non-hydrogen) atoms. The Balaban J connectivity index is 1.39. The van der Waals surface area contributed by atoms with Crippen LogP contribution in [0.2, 0.25) is 0 Å². The summed E-state index contributed by atoms with van der Waals surface area (Å²) in [6.45, 7) is -0.132. The molecule has 0 fully saturated rings. The first kappa shape index (κ1) is 20.2. The Morgan fingerprint density at radius 1 is 1.23 bits per heavy atom. The SMILES string of the molecule is COc1cccc(NC(=O)COC(=O)c2ccc3c(c2)SC2=NS(=O)(=O)CCN23)c1. The van der Waals surface area contributed by atoms with Gasteiger partial charge in [-0.15, -0.1) is 4.40 Å². The quantitative estimate of drug-likeness (QED) is 0.693. The molecule has 1 amide bonds. The van der Waals surface area contributed by atoms with Gasteiger partial charge in [0.2, 0.25) is 0 Å². The van der Waals surface area contributed by atoms with Gasteiger partial charge >= 0.3 is 5.97 Å². The van der Waals surface area contributed by atoms with Crippen molar-refractivity contribution in [2.75, 3.05) is 36.2 Å². The lowest BCUT2D eigenvalue weighted by Gasteiger charge is -2.22. The predicted molar refractivity (Wildman–Crippen MR) is 113 cm³/mol. The first-order valence-electron chi connectivity index (χ1n) is 8.88. The number of carbonyl (C=O) groups excluding carboxylic acids is 2. The van der Waals surface area contributed by atoms with Crippen LogP contribution in [0.5, 0.6) is 5.75 Å². The van der Waals surface area contributed by atoms with Crippen molar-refractivity contribution < 1.29 is 27.5 Å². The number of nitrogens with one attached hydrogen (secondary N) is 1. The van der Waals surface area contributed by atoms with E-state index in [9.17, 15) is 18.0 Å². The van der Waals surface area contributed by atoms with Crippen LogP contribution in [0.1, 0.15) is 10.4 Å². The van der Waals surface area contributed by atoms with Gasteiger partial charge in [-0.25, -0.2) is 13.2 Å². The molecule has 0 atom stereocenters. The molecule has 9 nitrogen and oxygen atoms in total. The third-order valence-electron chi connectivity index (χ3n) is 4.40. The van der Waals surface area contributed by atoms with E-state index in [2.05, 4.69) is 9.71 Å². The molecule has 11 heteroatoms. The molecular formula is C19H17N3O6S2. The van der Waals surface area contributed by atoms with Gasteiger partial charge in [0.25, 0.3) is 15.9 Å². The number of esters is 1. The number of nitrogens with zero attached hydrogens (tertiary/aromatic N) is 2. The molecule has 0 unspecified atom stereocenters. The maximum atomic E-state index is 12.3. The molecule has 2 aliphatic heterocycles. The molecule has 0 aromatic heterocycles. The number of hydrogen-bond donors (Lipinski definition) is 1. The van der Waals surface area contributed by atoms with E-state index in [4.69, 9.17) is 9.47 Å². The van der Waals surface area contributed by atoms with Crippen molar-refractivity contribution in [2.45, 2.75) is 4.90 Å². The van der Waals surface area contributed by atoms with E-state index in [0.29, 0.717) is 28.0 Å². The van der Waals surface area contributed by atoms with Crippen molar-refractivity contribution in [3.63, 3.8) is 0 Å². The Bertz CT molecular complexity index is 1160. The molecule has 0 radical (unpaired) electrons. The zero-order valence-electron chi connectivity index (χ0n) is 15.8. The number of methoxy groups -OCH3 is 1. The highest BCUT2D eigenvalue weighted by molar-refractivity contribution is 8.15. The number of anilines is 2. The minimum atomic E-state index is -3.45. The minimum absolute atomic E-state index is 0.0529. The molecule has 2 heterocycles. The summed E-state index contributed by atoms with van der Waals surface area (Å²) in [6, 6.07) is 11.7. The van der Waals surface area contributed by atoms with Crippen LogP contribution in [0.15, 0.2) is 51.8 Å². The maximum Gasteiger partial charge on any atom is 0.338 e. The summed E-state index contributed by atoms with van der Waals surface area (Å²) in [5.74, 6) is -0.598. The van der Waals surface area contributed by atoms with Gasteiger partial charge in [-0.05, 0) is 42.1 Å². The van der Waals surface area contributed by atoms with Gasteiger partial charge in [-0.1, -0.05) is 6.07 Å². The zero-order valence-corrected chi connectivity index (χ0v) is 17.5. The molecular weight excluding hydrogens is 430 g/mol. The van der Waals surface area contributed by atoms with E-state index >= 15 is 0 Å². The molecule has 2 aliphatic rings. The third-order valence-corrected chi connectivity index (χ3v) is 6.70. The predicted octanol–water partition coefficient (Wildman–Crippen LogP) is 2.10. The molecule has 0 spiro atoms. The number of thioether (sulfide) groups is 1. The maximum absolute atomic E-state index is 12.3. The van der Waals surface area contributed by atoms with E-state index in [0.717, 1.165) is 5.69 Å². The average molecular weight is 447 g/mol. The summed E-state index contributed by atoms with van der Waals surface area (Å²) in [4.78, 5) is 26.9. The molecule has 0 aliphatic carbocycles. The zero-order chi connectivity index (χ0) is 21.3. The highest BCUT2D eigenvalue weighted by Crippen LogP contribution is 2.42. The number of amidine groups is 1. The number of ether oxygens (including phenoxy) is 2. The smallest absolute Gasteiger partial charge is 0.338 e. The Morgan fingerprint density at radius 2 is 2.07 bits per heavy atom. The first-order valence-corrected chi connectivity index (χ1v) is 11.3. The summed E-state index contributed by atoms with van der Waals surface area (Å²) < 4.78 is 37.3. The topological polar surface area (TPSA) is 114 Å². The molecule has 2 aromatic rings. The second-order valence-corrected chi connectivity index (χ2v) is 9.22. The number of carbonyl (C=O) groups is 2. The summed E-state index contributed by atoms with van der Waals surface area (Å²) >= 11 is 1.18. The van der Waals surface area contributed by atoms with Crippen LogP contribution in [0, 0.1) is 0 Å². The van der Waals surface area contributed by atoms with Gasteiger partial charge in [0.15, 0.2) is 11.8 Å². The largest absolute Gasteiger partial charge is 0.497 e. The normalized spacial score (nSPS) is 16.2. The molecule has 156 valence electrons. The van der Waals surface area contributed by atoms with Gasteiger partial charge in [0, 0.05) is 23.2 Å². The number of benzene rings is 2. The molecule has 2 aromatic carbocycles. The summed E-state index contributed by atoms with van der Waals surface area (Å²) in [7, 11) is -1.93. The van der Waals surface area contributed by atoms with E-state index in [1.54, 1.807) is 47.4 Å². The van der Waals surface area contributed by atoms with Crippen molar-refractivity contribution in [3.8, 4) is 5.75 Å². The lowest BCUT2D eigenvalue weighted by molar-refractivity contribution is -0.119. The lowest BCUT2D eigenvalue weighted by atomic mass is 10.2. The second-order valence-electron chi connectivity index (χ2n) is 6.45. The van der Waals surface area contributed by atoms with Crippen molar-refractivity contribution >= 4 is 50.2 Å². The first-order chi connectivity index (χ1) is 14.3. The molecule has 4 rings (SSSR count). The summed E-state index contributed by atoms with van der Waals surface area (Å²) in [5.41, 5.74) is 1.58. The highest BCUT2D eigenvalue weighted by Gasteiger charge is 2.33. The van der Waals surface area contributed by atoms with E-state index in [1.165, 1.54) is 18.9 Å². The van der Waals surface area contributed by atoms with Gasteiger partial charge < -0.3 is 19.7 Å². The molecule has 0 saturated heterocycles. The van der Waals surface area contributed by atoms with Gasteiger partial charge in [0.1, 0.15) is 5.75 Å². The Labute approximate surface area is 177 Å². The van der Waals surface area contributed by atoms with E-state index < -0.39 is 28.5 Å². The average Bonchev–Trinajstić information content (AvgIpc) is 3.07. The van der Waals surface area contributed by atoms with Crippen LogP contribution in [0.4, 0.5) is 11.4 Å². The fourth-order valence-electron chi connectivity index (χ4n) is 2.97. The number of hydrogen-bond acceptors (Lipinski definition) is 8. The monoisotopic (exact) mass is 447 g/mol. The molecule has 1 N–H and O–H groups in total. The van der Waals surface area contributed by atoms with Gasteiger partial charge in [-0.3, -0.25) is 4.79 Å². The minimum Gasteiger partial charge on any atom is -0.497 e. The van der Waals surface area contributed by atoms with Crippen LogP contribution >= 0.6 is 11.8 Å². The van der Waals surface area contributed by atoms with Crippen LogP contribution in [-0.2, 0) is 19.6 Å². The number of sulfonamides is 1. The van der Waals surface area contributed by atoms with E-state index in [-0.39, 0.29) is 11.3 Å². The van der Waals surface area contributed by atoms with Crippen LogP contribution in [0.3, 0.4) is 0 Å². The number of amides is 1. The molecule has 0 bridgehead atoms. The lowest BCUT2D eigenvalue weighted by Crippen LogP contribution is -2.35. The van der Waals surface area contributed by atoms with Gasteiger partial charge in [0.05, 0.1) is 24.1 Å². The van der Waals surface area contributed by atoms with Crippen molar-refractivity contribution in [3.05, 3.63) is 48.0 Å². The highest BCUT2D eigenvalue weighted by atomic mass is 32.2. The Hall–Kier alpha value is -3.05. The standard InChI is InChI=1S/C19H17N3O6S2/c1-27-14-4-2-3-13(10-14)20-17(23)11-28-18(24)12-5-6-15-16(9-12)29-19-21-30(25,26)8-7-22(15)19/h2-6,9-10H,7-8,11H2,1H3,(H,20,23). The summed E-state index contributed by atoms with van der Waals surface area (Å²) in [6.07, 6.45) is 0. The summed E-state index contributed by atoms with van der Waals surface area (Å²) in [5, 5.41) is 3.00. The van der Waals surface area contributed by atoms with Crippen LogP contribution in [0.25, 0.3) is 0 Å². The van der Waals surface area contributed by atoms with Crippen molar-refractivity contribution in [1.29, 1.82) is 0 Å². The van der Waals surface area contributed by atoms with Crippen LogP contribution < -0.4 is 15.0 Å². The fourth-order valence-corrected chi connectivity index (χ4v) is 5.27. The third kappa shape index (κ3) is 4.26. The van der Waals surface area contributed by atoms with E-state index in [1.807, 2.05) is 0 Å². The Kier molecular flexibility index (Phi) is 5.39.